The second-order valence-corrected chi connectivity index (χ2v) is 6.48. The van der Waals surface area contributed by atoms with E-state index in [-0.39, 0.29) is 17.1 Å². The molecule has 0 aliphatic rings. The van der Waals surface area contributed by atoms with E-state index >= 15 is 0 Å². The molecule has 0 fully saturated rings. The van der Waals surface area contributed by atoms with E-state index in [4.69, 9.17) is 5.11 Å². The predicted molar refractivity (Wildman–Crippen MR) is 82.5 cm³/mol. The standard InChI is InChI=1S/C14H18N4O4S/c1-3-12-11(14(19)20)6-5-10(17-12)9-16-23(21,22)13-7-8-15-18(13)4-2/h5-8,16H,3-4,9H2,1-2H3,(H,19,20). The van der Waals surface area contributed by atoms with Crippen molar-refractivity contribution < 1.29 is 18.3 Å². The van der Waals surface area contributed by atoms with Crippen molar-refractivity contribution in [3.8, 4) is 0 Å². The first-order chi connectivity index (χ1) is 10.9. The second kappa shape index (κ2) is 6.88. The minimum Gasteiger partial charge on any atom is -0.478 e. The van der Waals surface area contributed by atoms with Gasteiger partial charge in [-0.2, -0.15) is 5.10 Å². The third kappa shape index (κ3) is 3.74. The summed E-state index contributed by atoms with van der Waals surface area (Å²) in [4.78, 5) is 15.3. The van der Waals surface area contributed by atoms with Crippen LogP contribution in [0.5, 0.6) is 0 Å². The molecule has 0 unspecified atom stereocenters. The highest BCUT2D eigenvalue weighted by Crippen LogP contribution is 2.11. The summed E-state index contributed by atoms with van der Waals surface area (Å²) in [6.45, 7) is 4.01. The molecule has 2 rings (SSSR count). The van der Waals surface area contributed by atoms with Crippen molar-refractivity contribution in [1.29, 1.82) is 0 Å². The summed E-state index contributed by atoms with van der Waals surface area (Å²) >= 11 is 0. The van der Waals surface area contributed by atoms with Crippen molar-refractivity contribution in [2.24, 2.45) is 0 Å². The molecule has 0 aliphatic heterocycles. The Bertz CT molecular complexity index is 814. The van der Waals surface area contributed by atoms with Gasteiger partial charge in [-0.15, -0.1) is 0 Å². The minimum absolute atomic E-state index is 0.0237. The predicted octanol–water partition coefficient (Wildman–Crippen LogP) is 1.04. The number of aromatic nitrogens is 3. The summed E-state index contributed by atoms with van der Waals surface area (Å²) < 4.78 is 28.4. The SMILES string of the molecule is CCc1nc(CNS(=O)(=O)c2ccnn2CC)ccc1C(=O)O. The zero-order valence-corrected chi connectivity index (χ0v) is 13.7. The van der Waals surface area contributed by atoms with Crippen molar-refractivity contribution >= 4 is 16.0 Å². The number of nitrogens with zero attached hydrogens (tertiary/aromatic N) is 3. The second-order valence-electron chi connectivity index (χ2n) is 4.77. The third-order valence-corrected chi connectivity index (χ3v) is 4.71. The Morgan fingerprint density at radius 1 is 1.30 bits per heavy atom. The number of carbonyl (C=O) groups is 1. The molecule has 0 saturated heterocycles. The van der Waals surface area contributed by atoms with E-state index in [2.05, 4.69) is 14.8 Å². The molecular formula is C14H18N4O4S. The fraction of sp³-hybridized carbons (Fsp3) is 0.357. The Labute approximate surface area is 134 Å². The van der Waals surface area contributed by atoms with E-state index in [1.807, 2.05) is 0 Å². The lowest BCUT2D eigenvalue weighted by molar-refractivity contribution is 0.0695. The van der Waals surface area contributed by atoms with Crippen LogP contribution in [0.25, 0.3) is 0 Å². The largest absolute Gasteiger partial charge is 0.478 e. The first kappa shape index (κ1) is 17.1. The number of aryl methyl sites for hydroxylation is 2. The molecule has 9 heteroatoms. The van der Waals surface area contributed by atoms with E-state index in [1.54, 1.807) is 13.8 Å². The quantitative estimate of drug-likeness (QED) is 0.779. The fourth-order valence-electron chi connectivity index (χ4n) is 2.14. The van der Waals surface area contributed by atoms with Crippen LogP contribution >= 0.6 is 0 Å². The van der Waals surface area contributed by atoms with Crippen LogP contribution in [0, 0.1) is 0 Å². The minimum atomic E-state index is -3.71. The van der Waals surface area contributed by atoms with Gasteiger partial charge in [-0.3, -0.25) is 9.67 Å². The van der Waals surface area contributed by atoms with Crippen molar-refractivity contribution in [3.63, 3.8) is 0 Å². The van der Waals surface area contributed by atoms with Crippen molar-refractivity contribution in [2.45, 2.75) is 38.4 Å². The fourth-order valence-corrected chi connectivity index (χ4v) is 3.32. The number of carboxylic acid groups (broad SMARTS) is 1. The number of nitrogens with one attached hydrogen (secondary N) is 1. The van der Waals surface area contributed by atoms with E-state index in [1.165, 1.54) is 29.1 Å². The number of hydrogen-bond donors (Lipinski definition) is 2. The number of hydrogen-bond acceptors (Lipinski definition) is 5. The molecule has 0 aliphatic carbocycles. The molecule has 2 N–H and O–H groups in total. The highest BCUT2D eigenvalue weighted by Gasteiger charge is 2.19. The maximum absolute atomic E-state index is 12.3. The average molecular weight is 338 g/mol. The molecule has 0 spiro atoms. The van der Waals surface area contributed by atoms with Gasteiger partial charge in [0.1, 0.15) is 0 Å². The van der Waals surface area contributed by atoms with Crippen LogP contribution in [0.4, 0.5) is 0 Å². The number of aromatic carboxylic acids is 1. The van der Waals surface area contributed by atoms with Gasteiger partial charge in [0.05, 0.1) is 29.7 Å². The van der Waals surface area contributed by atoms with Crippen LogP contribution in [0.1, 0.15) is 35.6 Å². The Morgan fingerprint density at radius 2 is 2.04 bits per heavy atom. The van der Waals surface area contributed by atoms with Gasteiger partial charge in [0.25, 0.3) is 10.0 Å². The molecule has 8 nitrogen and oxygen atoms in total. The highest BCUT2D eigenvalue weighted by molar-refractivity contribution is 7.89. The van der Waals surface area contributed by atoms with Crippen molar-refractivity contribution in [2.75, 3.05) is 0 Å². The van der Waals surface area contributed by atoms with Gasteiger partial charge in [-0.25, -0.2) is 17.9 Å². The Morgan fingerprint density at radius 3 is 2.65 bits per heavy atom. The molecule has 0 radical (unpaired) electrons. The van der Waals surface area contributed by atoms with E-state index in [9.17, 15) is 13.2 Å². The number of sulfonamides is 1. The number of pyridine rings is 1. The van der Waals surface area contributed by atoms with Gasteiger partial charge in [0.2, 0.25) is 0 Å². The van der Waals surface area contributed by atoms with Crippen LogP contribution in [0.15, 0.2) is 29.4 Å². The van der Waals surface area contributed by atoms with Crippen molar-refractivity contribution in [1.82, 2.24) is 19.5 Å². The highest BCUT2D eigenvalue weighted by atomic mass is 32.2. The molecule has 23 heavy (non-hydrogen) atoms. The molecule has 0 amide bonds. The molecule has 2 heterocycles. The van der Waals surface area contributed by atoms with Crippen LogP contribution < -0.4 is 4.72 Å². The summed E-state index contributed by atoms with van der Waals surface area (Å²) in [6.07, 6.45) is 1.87. The van der Waals surface area contributed by atoms with Crippen LogP contribution in [-0.4, -0.2) is 34.3 Å². The zero-order valence-electron chi connectivity index (χ0n) is 12.9. The molecular weight excluding hydrogens is 320 g/mol. The smallest absolute Gasteiger partial charge is 0.337 e. The Balaban J connectivity index is 2.19. The maximum atomic E-state index is 12.3. The summed E-state index contributed by atoms with van der Waals surface area (Å²) in [6, 6.07) is 4.36. The summed E-state index contributed by atoms with van der Waals surface area (Å²) in [7, 11) is -3.71. The Kier molecular flexibility index (Phi) is 5.12. The van der Waals surface area contributed by atoms with Gasteiger partial charge in [0.15, 0.2) is 5.03 Å². The molecule has 2 aromatic rings. The molecule has 0 aromatic carbocycles. The van der Waals surface area contributed by atoms with E-state index in [0.717, 1.165) is 0 Å². The van der Waals surface area contributed by atoms with Crippen LogP contribution in [-0.2, 0) is 29.5 Å². The van der Waals surface area contributed by atoms with Gasteiger partial charge < -0.3 is 5.11 Å². The van der Waals surface area contributed by atoms with Gasteiger partial charge in [0, 0.05) is 6.54 Å². The zero-order chi connectivity index (χ0) is 17.0. The first-order valence-electron chi connectivity index (χ1n) is 7.12. The topological polar surface area (TPSA) is 114 Å². The molecule has 124 valence electrons. The van der Waals surface area contributed by atoms with E-state index in [0.29, 0.717) is 24.4 Å². The third-order valence-electron chi connectivity index (χ3n) is 3.29. The molecule has 0 atom stereocenters. The first-order valence-corrected chi connectivity index (χ1v) is 8.61. The van der Waals surface area contributed by atoms with Crippen LogP contribution in [0.2, 0.25) is 0 Å². The lowest BCUT2D eigenvalue weighted by Gasteiger charge is -2.09. The maximum Gasteiger partial charge on any atom is 0.337 e. The molecule has 0 bridgehead atoms. The van der Waals surface area contributed by atoms with Crippen molar-refractivity contribution in [3.05, 3.63) is 41.3 Å². The summed E-state index contributed by atoms with van der Waals surface area (Å²) in [5, 5.41) is 13.1. The van der Waals surface area contributed by atoms with E-state index < -0.39 is 16.0 Å². The lowest BCUT2D eigenvalue weighted by Crippen LogP contribution is -2.26. The lowest BCUT2D eigenvalue weighted by atomic mass is 10.1. The normalized spacial score (nSPS) is 11.6. The van der Waals surface area contributed by atoms with Gasteiger partial charge in [-0.1, -0.05) is 6.92 Å². The van der Waals surface area contributed by atoms with Gasteiger partial charge in [-0.05, 0) is 31.5 Å². The summed E-state index contributed by atoms with van der Waals surface area (Å²) in [5.74, 6) is -1.05. The number of rotatable bonds is 7. The Hall–Kier alpha value is -2.26. The molecule has 2 aromatic heterocycles. The number of carboxylic acids is 1. The molecule has 0 saturated carbocycles. The van der Waals surface area contributed by atoms with Crippen LogP contribution in [0.3, 0.4) is 0 Å². The summed E-state index contributed by atoms with van der Waals surface area (Å²) in [5.41, 5.74) is 1.01. The average Bonchev–Trinajstić information content (AvgIpc) is 3.02. The van der Waals surface area contributed by atoms with Gasteiger partial charge >= 0.3 is 5.97 Å². The monoisotopic (exact) mass is 338 g/mol.